The van der Waals surface area contributed by atoms with Crippen LogP contribution >= 0.6 is 30.1 Å². The van der Waals surface area contributed by atoms with Gasteiger partial charge in [-0.25, -0.2) is 9.67 Å². The first-order valence-corrected chi connectivity index (χ1v) is 13.2. The Kier molecular flexibility index (Phi) is 5.72. The number of hydrogen-bond acceptors (Lipinski definition) is 7. The lowest BCUT2D eigenvalue weighted by Gasteiger charge is -2.29. The summed E-state index contributed by atoms with van der Waals surface area (Å²) in [4.78, 5) is 18.9. The molecular weight excluding hydrogens is 527 g/mol. The van der Waals surface area contributed by atoms with Crippen molar-refractivity contribution in [2.24, 2.45) is 0 Å². The number of ether oxygens (including phenoxy) is 1. The van der Waals surface area contributed by atoms with Gasteiger partial charge in [-0.1, -0.05) is 23.8 Å². The summed E-state index contributed by atoms with van der Waals surface area (Å²) in [5, 5.41) is 5.51. The number of aromatic nitrogens is 3. The van der Waals surface area contributed by atoms with Crippen molar-refractivity contribution >= 4 is 53.2 Å². The molecule has 4 aromatic rings. The molecule has 0 radical (unpaired) electrons. The summed E-state index contributed by atoms with van der Waals surface area (Å²) in [5.74, 6) is 0.584. The number of rotatable bonds is 5. The van der Waals surface area contributed by atoms with Crippen LogP contribution < -0.4 is 4.90 Å². The number of aryl methyl sites for hydroxylation is 1. The van der Waals surface area contributed by atoms with E-state index in [1.807, 2.05) is 37.3 Å². The first-order chi connectivity index (χ1) is 15.2. The lowest BCUT2D eigenvalue weighted by molar-refractivity contribution is 0.111. The first kappa shape index (κ1) is 20.5. The third-order valence-electron chi connectivity index (χ3n) is 5.24. The van der Waals surface area contributed by atoms with E-state index in [9.17, 15) is 4.79 Å². The second kappa shape index (κ2) is 8.64. The Labute approximate surface area is 195 Å². The van der Waals surface area contributed by atoms with Crippen LogP contribution in [0.1, 0.15) is 16.1 Å². The van der Waals surface area contributed by atoms with E-state index in [1.54, 1.807) is 10.7 Å². The Morgan fingerprint density at radius 3 is 2.74 bits per heavy atom. The summed E-state index contributed by atoms with van der Waals surface area (Å²) >= 11 is 2.20. The minimum Gasteiger partial charge on any atom is -0.445 e. The third kappa shape index (κ3) is 3.97. The van der Waals surface area contributed by atoms with Crippen molar-refractivity contribution in [2.75, 3.05) is 31.2 Å². The maximum absolute atomic E-state index is 11.9. The van der Waals surface area contributed by atoms with Crippen molar-refractivity contribution in [1.29, 1.82) is 0 Å². The van der Waals surface area contributed by atoms with Crippen LogP contribution in [0.4, 0.5) is 5.69 Å². The lowest BCUT2D eigenvalue weighted by Crippen LogP contribution is -2.36. The van der Waals surface area contributed by atoms with Gasteiger partial charge in [-0.3, -0.25) is 4.79 Å². The van der Waals surface area contributed by atoms with Crippen LogP contribution in [0, 0.1) is 6.92 Å². The molecule has 1 aliphatic heterocycles. The highest BCUT2D eigenvalue weighted by Crippen LogP contribution is 2.36. The number of carbonyl (C=O) groups excluding carboxylic acids is 1. The maximum Gasteiger partial charge on any atom is 0.177 e. The van der Waals surface area contributed by atoms with Gasteiger partial charge in [0.15, 0.2) is 22.8 Å². The molecule has 1 fully saturated rings. The smallest absolute Gasteiger partial charge is 0.177 e. The second-order valence-corrected chi connectivity index (χ2v) is 9.19. The molecule has 0 saturated carbocycles. The minimum absolute atomic E-state index is 0.447. The van der Waals surface area contributed by atoms with Gasteiger partial charge in [0.05, 0.1) is 24.6 Å². The number of hydrogen-bond donors (Lipinski definition) is 0. The molecule has 1 aliphatic rings. The molecule has 0 bridgehead atoms. The average Bonchev–Trinajstić information content (AvgIpc) is 3.43. The Morgan fingerprint density at radius 1 is 1.16 bits per heavy atom. The molecule has 0 aliphatic carbocycles. The van der Waals surface area contributed by atoms with Gasteiger partial charge in [-0.15, -0.1) is 0 Å². The van der Waals surface area contributed by atoms with Gasteiger partial charge in [0.1, 0.15) is 11.2 Å². The highest BCUT2D eigenvalue weighted by atomic mass is 127. The van der Waals surface area contributed by atoms with Gasteiger partial charge in [-0.2, -0.15) is 5.10 Å². The van der Waals surface area contributed by atoms with Crippen LogP contribution in [-0.4, -0.2) is 47.4 Å². The van der Waals surface area contributed by atoms with Crippen molar-refractivity contribution in [3.05, 3.63) is 53.7 Å². The molecule has 4 heterocycles. The number of nitrogens with zero attached hydrogens (tertiary/aromatic N) is 4. The summed E-state index contributed by atoms with van der Waals surface area (Å²) in [6.07, 6.45) is 0.814. The number of furan rings is 1. The minimum atomic E-state index is 0.447. The van der Waals surface area contributed by atoms with Gasteiger partial charge in [0.2, 0.25) is 0 Å². The Balaban J connectivity index is 1.67. The standard InChI is InChI=1S/C22H19IN4O3S/c1-14-3-2-4-15(9-14)17-10-16(13-28)27(25-17)20-12-19(26-5-7-29-8-6-26)22-18(24-20)11-21(30-22)31-23/h2-4,9-13H,5-8H2,1H3. The zero-order valence-electron chi connectivity index (χ0n) is 16.7. The number of benzene rings is 1. The number of halogens is 1. The summed E-state index contributed by atoms with van der Waals surface area (Å²) in [5.41, 5.74) is 5.69. The molecule has 9 heteroatoms. The lowest BCUT2D eigenvalue weighted by atomic mass is 10.1. The Hall–Kier alpha value is -2.37. The van der Waals surface area contributed by atoms with Crippen LogP contribution in [0.25, 0.3) is 28.2 Å². The largest absolute Gasteiger partial charge is 0.445 e. The number of morpholine rings is 1. The van der Waals surface area contributed by atoms with E-state index in [-0.39, 0.29) is 0 Å². The van der Waals surface area contributed by atoms with Crippen LogP contribution in [-0.2, 0) is 4.74 Å². The highest BCUT2D eigenvalue weighted by Gasteiger charge is 2.21. The zero-order valence-corrected chi connectivity index (χ0v) is 19.7. The van der Waals surface area contributed by atoms with E-state index in [1.165, 1.54) is 8.93 Å². The van der Waals surface area contributed by atoms with E-state index < -0.39 is 0 Å². The fraction of sp³-hybridized carbons (Fsp3) is 0.227. The molecule has 1 saturated heterocycles. The molecule has 5 rings (SSSR count). The van der Waals surface area contributed by atoms with E-state index in [4.69, 9.17) is 19.2 Å². The summed E-state index contributed by atoms with van der Waals surface area (Å²) in [7, 11) is 1.50. The number of anilines is 1. The zero-order chi connectivity index (χ0) is 21.4. The van der Waals surface area contributed by atoms with Gasteiger partial charge in [0.25, 0.3) is 0 Å². The molecule has 158 valence electrons. The first-order valence-electron chi connectivity index (χ1n) is 9.85. The molecule has 3 aromatic heterocycles. The summed E-state index contributed by atoms with van der Waals surface area (Å²) in [6.45, 7) is 4.88. The fourth-order valence-corrected chi connectivity index (χ4v) is 4.69. The summed E-state index contributed by atoms with van der Waals surface area (Å²) in [6, 6.07) is 13.7. The molecular formula is C22H19IN4O3S. The SMILES string of the molecule is Cc1cccc(-c2cc(C=O)n(-c3cc(N4CCOCC4)c4oc(SI)cc4n3)n2)c1. The average molecular weight is 546 g/mol. The van der Waals surface area contributed by atoms with E-state index in [0.29, 0.717) is 24.7 Å². The number of aldehydes is 1. The van der Waals surface area contributed by atoms with E-state index in [0.717, 1.165) is 58.1 Å². The van der Waals surface area contributed by atoms with Gasteiger partial charge in [0, 0.05) is 52.0 Å². The monoisotopic (exact) mass is 546 g/mol. The predicted molar refractivity (Wildman–Crippen MR) is 130 cm³/mol. The van der Waals surface area contributed by atoms with Gasteiger partial charge < -0.3 is 14.1 Å². The molecule has 0 amide bonds. The highest BCUT2D eigenvalue weighted by molar-refractivity contribution is 14.2. The van der Waals surface area contributed by atoms with Crippen molar-refractivity contribution < 1.29 is 13.9 Å². The molecule has 0 unspecified atom stereocenters. The molecule has 1 aromatic carbocycles. The normalized spacial score (nSPS) is 14.3. The molecule has 0 spiro atoms. The van der Waals surface area contributed by atoms with Gasteiger partial charge >= 0.3 is 0 Å². The molecule has 31 heavy (non-hydrogen) atoms. The van der Waals surface area contributed by atoms with Crippen molar-refractivity contribution in [1.82, 2.24) is 14.8 Å². The molecule has 7 nitrogen and oxygen atoms in total. The predicted octanol–water partition coefficient (Wildman–Crippen LogP) is 5.08. The van der Waals surface area contributed by atoms with Crippen molar-refractivity contribution in [3.63, 3.8) is 0 Å². The Bertz CT molecular complexity index is 1260. The van der Waals surface area contributed by atoms with Gasteiger partial charge in [-0.05, 0) is 28.0 Å². The molecule has 0 N–H and O–H groups in total. The second-order valence-electron chi connectivity index (χ2n) is 7.31. The number of fused-ring (bicyclic) bond motifs is 1. The third-order valence-corrected chi connectivity index (χ3v) is 6.90. The maximum atomic E-state index is 11.9. The topological polar surface area (TPSA) is 73.4 Å². The summed E-state index contributed by atoms with van der Waals surface area (Å²) < 4.78 is 13.2. The van der Waals surface area contributed by atoms with Crippen molar-refractivity contribution in [2.45, 2.75) is 12.0 Å². The van der Waals surface area contributed by atoms with Crippen LogP contribution in [0.3, 0.4) is 0 Å². The molecule has 0 atom stereocenters. The van der Waals surface area contributed by atoms with E-state index >= 15 is 0 Å². The van der Waals surface area contributed by atoms with Crippen LogP contribution in [0.5, 0.6) is 0 Å². The number of pyridine rings is 1. The van der Waals surface area contributed by atoms with Crippen molar-refractivity contribution in [3.8, 4) is 17.1 Å². The van der Waals surface area contributed by atoms with Crippen LogP contribution in [0.15, 0.2) is 52.0 Å². The van der Waals surface area contributed by atoms with E-state index in [2.05, 4.69) is 32.2 Å². The quantitative estimate of drug-likeness (QED) is 0.255. The Morgan fingerprint density at radius 2 is 2.00 bits per heavy atom. The number of carbonyl (C=O) groups is 1. The van der Waals surface area contributed by atoms with Crippen LogP contribution in [0.2, 0.25) is 0 Å². The fourth-order valence-electron chi connectivity index (χ4n) is 3.76.